The Bertz CT molecular complexity index is 1290. The van der Waals surface area contributed by atoms with Gasteiger partial charge in [-0.3, -0.25) is 14.5 Å². The number of sulfonamides is 1. The third kappa shape index (κ3) is 6.03. The summed E-state index contributed by atoms with van der Waals surface area (Å²) in [6.45, 7) is 3.68. The molecule has 2 amide bonds. The van der Waals surface area contributed by atoms with Gasteiger partial charge in [0.1, 0.15) is 10.3 Å². The molecule has 0 aliphatic carbocycles. The molecule has 4 heterocycles. The number of ether oxygens (including phenoxy) is 1. The molecule has 1 aromatic carbocycles. The van der Waals surface area contributed by atoms with E-state index in [0.29, 0.717) is 43.6 Å². The second kappa shape index (κ2) is 11.8. The Morgan fingerprint density at radius 3 is 2.68 bits per heavy atom. The van der Waals surface area contributed by atoms with Crippen molar-refractivity contribution in [1.29, 1.82) is 0 Å². The molecule has 0 bridgehead atoms. The predicted octanol–water partition coefficient (Wildman–Crippen LogP) is 2.93. The van der Waals surface area contributed by atoms with E-state index in [4.69, 9.17) is 16.3 Å². The van der Waals surface area contributed by atoms with Crippen molar-refractivity contribution in [2.45, 2.75) is 60.9 Å². The van der Waals surface area contributed by atoms with Crippen LogP contribution in [-0.4, -0.2) is 99.5 Å². The van der Waals surface area contributed by atoms with Crippen molar-refractivity contribution in [3.63, 3.8) is 0 Å². The summed E-state index contributed by atoms with van der Waals surface area (Å²) in [7, 11) is -2.17. The molecule has 0 unspecified atom stereocenters. The number of likely N-dealkylation sites (tertiary alicyclic amines) is 3. The molecule has 38 heavy (non-hydrogen) atoms. The molecule has 1 aromatic heterocycles. The average Bonchev–Trinajstić information content (AvgIpc) is 3.62. The van der Waals surface area contributed by atoms with E-state index in [-0.39, 0.29) is 28.6 Å². The topological polar surface area (TPSA) is 99.3 Å². The highest BCUT2D eigenvalue weighted by atomic mass is 35.5. The fourth-order valence-corrected chi connectivity index (χ4v) is 8.77. The van der Waals surface area contributed by atoms with E-state index >= 15 is 0 Å². The first-order chi connectivity index (χ1) is 18.2. The number of amides is 2. The summed E-state index contributed by atoms with van der Waals surface area (Å²) in [6, 6.07) is 6.45. The number of methoxy groups -OCH3 is 1. The lowest BCUT2D eigenvalue weighted by molar-refractivity contribution is -0.143. The average molecular weight is 583 g/mol. The number of carbonyl (C=O) groups excluding carboxylic acids is 2. The normalized spacial score (nSPS) is 25.1. The molecule has 3 aliphatic rings. The minimum absolute atomic E-state index is 0.0174. The van der Waals surface area contributed by atoms with Gasteiger partial charge in [0.15, 0.2) is 0 Å². The molecule has 3 fully saturated rings. The highest BCUT2D eigenvalue weighted by Crippen LogP contribution is 2.31. The van der Waals surface area contributed by atoms with Gasteiger partial charge in [-0.1, -0.05) is 11.6 Å². The van der Waals surface area contributed by atoms with Crippen LogP contribution in [0.1, 0.15) is 38.5 Å². The van der Waals surface area contributed by atoms with Crippen LogP contribution in [0.15, 0.2) is 28.5 Å². The SMILES string of the molecule is COC[C@H]1CCCN1C[C@@H]1CCCN1C(=O)CN1CCC[C@H](NS(=O)(=O)c2cc3cc(Cl)ccc3s2)C1=O. The van der Waals surface area contributed by atoms with Crippen LogP contribution < -0.4 is 4.72 Å². The van der Waals surface area contributed by atoms with Crippen LogP contribution in [0.3, 0.4) is 0 Å². The quantitative estimate of drug-likeness (QED) is 0.488. The highest BCUT2D eigenvalue weighted by Gasteiger charge is 2.37. The second-order valence-corrected chi connectivity index (χ2v) is 13.9. The van der Waals surface area contributed by atoms with Gasteiger partial charge < -0.3 is 14.5 Å². The number of piperidine rings is 1. The second-order valence-electron chi connectivity index (χ2n) is 10.5. The van der Waals surface area contributed by atoms with E-state index in [1.807, 2.05) is 4.90 Å². The maximum absolute atomic E-state index is 13.3. The fourth-order valence-electron chi connectivity index (χ4n) is 5.97. The molecule has 0 saturated carbocycles. The molecule has 0 spiro atoms. The summed E-state index contributed by atoms with van der Waals surface area (Å²) in [5.74, 6) is -0.402. The van der Waals surface area contributed by atoms with E-state index in [9.17, 15) is 18.0 Å². The van der Waals surface area contributed by atoms with Crippen molar-refractivity contribution in [3.05, 3.63) is 29.3 Å². The van der Waals surface area contributed by atoms with E-state index < -0.39 is 16.1 Å². The predicted molar refractivity (Wildman–Crippen MR) is 148 cm³/mol. The number of benzene rings is 1. The number of hydrogen-bond donors (Lipinski definition) is 1. The molecule has 208 valence electrons. The van der Waals surface area contributed by atoms with Crippen molar-refractivity contribution < 1.29 is 22.7 Å². The van der Waals surface area contributed by atoms with Gasteiger partial charge in [-0.2, -0.15) is 4.72 Å². The van der Waals surface area contributed by atoms with Gasteiger partial charge in [-0.05, 0) is 74.7 Å². The molecule has 9 nitrogen and oxygen atoms in total. The Hall–Kier alpha value is -1.76. The van der Waals surface area contributed by atoms with Gasteiger partial charge in [0.25, 0.3) is 10.0 Å². The van der Waals surface area contributed by atoms with Crippen LogP contribution in [0.4, 0.5) is 0 Å². The van der Waals surface area contributed by atoms with Crippen molar-refractivity contribution in [1.82, 2.24) is 19.4 Å². The lowest BCUT2D eigenvalue weighted by atomic mass is 10.1. The molecule has 2 aromatic rings. The summed E-state index contributed by atoms with van der Waals surface area (Å²) in [6.07, 6.45) is 5.20. The molecule has 12 heteroatoms. The number of nitrogens with zero attached hydrogens (tertiary/aromatic N) is 3. The molecule has 3 atom stereocenters. The van der Waals surface area contributed by atoms with E-state index in [1.54, 1.807) is 31.4 Å². The maximum atomic E-state index is 13.3. The maximum Gasteiger partial charge on any atom is 0.250 e. The third-order valence-corrected chi connectivity index (χ3v) is 11.2. The van der Waals surface area contributed by atoms with Crippen LogP contribution >= 0.6 is 22.9 Å². The minimum Gasteiger partial charge on any atom is -0.383 e. The Kier molecular flexibility index (Phi) is 8.61. The zero-order chi connectivity index (χ0) is 26.9. The van der Waals surface area contributed by atoms with Gasteiger partial charge in [-0.15, -0.1) is 11.3 Å². The number of halogens is 1. The number of fused-ring (bicyclic) bond motifs is 1. The van der Waals surface area contributed by atoms with Gasteiger partial charge in [0, 0.05) is 48.6 Å². The zero-order valence-corrected chi connectivity index (χ0v) is 24.0. The molecule has 3 saturated heterocycles. The summed E-state index contributed by atoms with van der Waals surface area (Å²) < 4.78 is 35.2. The highest BCUT2D eigenvalue weighted by molar-refractivity contribution is 7.91. The summed E-state index contributed by atoms with van der Waals surface area (Å²) >= 11 is 7.18. The molecule has 1 N–H and O–H groups in total. The lowest BCUT2D eigenvalue weighted by Crippen LogP contribution is -2.55. The van der Waals surface area contributed by atoms with E-state index in [1.165, 1.54) is 4.90 Å². The van der Waals surface area contributed by atoms with Gasteiger partial charge in [0.05, 0.1) is 13.2 Å². The van der Waals surface area contributed by atoms with E-state index in [2.05, 4.69) is 9.62 Å². The van der Waals surface area contributed by atoms with Crippen molar-refractivity contribution >= 4 is 54.9 Å². The van der Waals surface area contributed by atoms with Crippen molar-refractivity contribution in [3.8, 4) is 0 Å². The first-order valence-corrected chi connectivity index (χ1v) is 16.0. The zero-order valence-electron chi connectivity index (χ0n) is 21.6. The van der Waals surface area contributed by atoms with Crippen LogP contribution in [0.25, 0.3) is 10.1 Å². The molecular weight excluding hydrogens is 548 g/mol. The molecule has 0 radical (unpaired) electrons. The Balaban J connectivity index is 1.21. The van der Waals surface area contributed by atoms with E-state index in [0.717, 1.165) is 60.2 Å². The van der Waals surface area contributed by atoms with Gasteiger partial charge >= 0.3 is 0 Å². The standard InChI is InChI=1S/C26H35ClN4O5S2/c1-36-17-21-6-2-10-29(21)15-20-5-3-12-31(20)24(32)16-30-11-4-7-22(26(30)33)28-38(34,35)25-14-18-13-19(27)8-9-23(18)37-25/h8-9,13-14,20-22,28H,2-7,10-12,15-17H2,1H3/t20-,21+,22-/m0/s1. The van der Waals surface area contributed by atoms with Crippen molar-refractivity contribution in [2.24, 2.45) is 0 Å². The first kappa shape index (κ1) is 27.8. The van der Waals surface area contributed by atoms with Gasteiger partial charge in [-0.25, -0.2) is 8.42 Å². The van der Waals surface area contributed by atoms with Gasteiger partial charge in [0.2, 0.25) is 11.8 Å². The van der Waals surface area contributed by atoms with Crippen LogP contribution in [-0.2, 0) is 24.3 Å². The third-order valence-electron chi connectivity index (χ3n) is 7.88. The number of rotatable bonds is 9. The number of thiophene rings is 1. The van der Waals surface area contributed by atoms with Crippen LogP contribution in [0, 0.1) is 0 Å². The smallest absolute Gasteiger partial charge is 0.250 e. The Morgan fingerprint density at radius 2 is 1.87 bits per heavy atom. The fraction of sp³-hybridized carbons (Fsp3) is 0.615. The lowest BCUT2D eigenvalue weighted by Gasteiger charge is -2.35. The summed E-state index contributed by atoms with van der Waals surface area (Å²) in [5, 5.41) is 1.28. The van der Waals surface area contributed by atoms with Crippen LogP contribution in [0.2, 0.25) is 5.02 Å². The minimum atomic E-state index is -3.90. The summed E-state index contributed by atoms with van der Waals surface area (Å²) in [5.41, 5.74) is 0. The molecular formula is C26H35ClN4O5S2. The number of hydrogen-bond acceptors (Lipinski definition) is 7. The Labute approximate surface area is 233 Å². The molecule has 5 rings (SSSR count). The number of nitrogens with one attached hydrogen (secondary N) is 1. The Morgan fingerprint density at radius 1 is 1.11 bits per heavy atom. The first-order valence-electron chi connectivity index (χ1n) is 13.3. The van der Waals surface area contributed by atoms with Crippen molar-refractivity contribution in [2.75, 3.05) is 46.4 Å². The van der Waals surface area contributed by atoms with Crippen LogP contribution in [0.5, 0.6) is 0 Å². The summed E-state index contributed by atoms with van der Waals surface area (Å²) in [4.78, 5) is 32.5. The monoisotopic (exact) mass is 582 g/mol. The molecule has 3 aliphatic heterocycles. The number of carbonyl (C=O) groups is 2. The largest absolute Gasteiger partial charge is 0.383 e.